The molecule has 1 aromatic carbocycles. The van der Waals surface area contributed by atoms with Crippen LogP contribution in [-0.4, -0.2) is 37.5 Å². The number of benzene rings is 1. The number of aromatic nitrogens is 1. The number of aryl methyl sites for hydroxylation is 1. The summed E-state index contributed by atoms with van der Waals surface area (Å²) >= 11 is 0. The first-order valence-corrected chi connectivity index (χ1v) is 8.18. The maximum atomic E-state index is 5.70. The van der Waals surface area contributed by atoms with Crippen molar-refractivity contribution in [2.24, 2.45) is 0 Å². The van der Waals surface area contributed by atoms with Crippen LogP contribution in [0, 0.1) is 0 Å². The molecule has 1 aromatic heterocycles. The third-order valence-corrected chi connectivity index (χ3v) is 4.02. The molecular formula is C18H24N2O2. The summed E-state index contributed by atoms with van der Waals surface area (Å²) in [6.07, 6.45) is 3.53. The number of nitrogens with zero attached hydrogens (tertiary/aromatic N) is 1. The quantitative estimate of drug-likeness (QED) is 0.796. The van der Waals surface area contributed by atoms with Gasteiger partial charge in [0.1, 0.15) is 0 Å². The molecule has 1 N–H and O–H groups in total. The van der Waals surface area contributed by atoms with Gasteiger partial charge in [0.05, 0.1) is 24.8 Å². The van der Waals surface area contributed by atoms with E-state index in [4.69, 9.17) is 9.47 Å². The van der Waals surface area contributed by atoms with Gasteiger partial charge in [-0.1, -0.05) is 25.1 Å². The molecule has 1 unspecified atom stereocenters. The van der Waals surface area contributed by atoms with E-state index in [9.17, 15) is 0 Å². The summed E-state index contributed by atoms with van der Waals surface area (Å²) < 4.78 is 11.3. The molecule has 0 aliphatic carbocycles. The Morgan fingerprint density at radius 2 is 2.27 bits per heavy atom. The lowest BCUT2D eigenvalue weighted by molar-refractivity contribution is 0.0206. The van der Waals surface area contributed by atoms with Crippen LogP contribution in [0.3, 0.4) is 0 Å². The number of rotatable bonds is 7. The van der Waals surface area contributed by atoms with Gasteiger partial charge in [0.25, 0.3) is 0 Å². The van der Waals surface area contributed by atoms with Gasteiger partial charge in [-0.15, -0.1) is 0 Å². The van der Waals surface area contributed by atoms with Crippen LogP contribution in [0.5, 0.6) is 0 Å². The molecule has 0 radical (unpaired) electrons. The van der Waals surface area contributed by atoms with Crippen molar-refractivity contribution in [2.75, 3.05) is 31.7 Å². The highest BCUT2D eigenvalue weighted by molar-refractivity contribution is 5.91. The molecule has 0 bridgehead atoms. The molecule has 4 heteroatoms. The van der Waals surface area contributed by atoms with Gasteiger partial charge in [-0.25, -0.2) is 0 Å². The first-order valence-electron chi connectivity index (χ1n) is 8.18. The summed E-state index contributed by atoms with van der Waals surface area (Å²) in [6, 6.07) is 10.4. The lowest BCUT2D eigenvalue weighted by Crippen LogP contribution is -2.18. The van der Waals surface area contributed by atoms with Crippen molar-refractivity contribution in [3.63, 3.8) is 0 Å². The van der Waals surface area contributed by atoms with Crippen LogP contribution in [0.4, 0.5) is 5.69 Å². The van der Waals surface area contributed by atoms with Crippen LogP contribution in [0.25, 0.3) is 10.9 Å². The largest absolute Gasteiger partial charge is 0.382 e. The summed E-state index contributed by atoms with van der Waals surface area (Å²) in [7, 11) is 0. The van der Waals surface area contributed by atoms with Crippen LogP contribution in [0.1, 0.15) is 25.5 Å². The minimum absolute atomic E-state index is 0.299. The Kier molecular flexibility index (Phi) is 5.24. The van der Waals surface area contributed by atoms with Crippen molar-refractivity contribution < 1.29 is 9.47 Å². The Morgan fingerprint density at radius 3 is 3.09 bits per heavy atom. The van der Waals surface area contributed by atoms with Crippen LogP contribution in [0.2, 0.25) is 0 Å². The molecule has 1 atom stereocenters. The number of hydrogen-bond donors (Lipinski definition) is 1. The zero-order valence-corrected chi connectivity index (χ0v) is 13.2. The van der Waals surface area contributed by atoms with Crippen LogP contribution < -0.4 is 5.32 Å². The highest BCUT2D eigenvalue weighted by Gasteiger charge is 2.14. The molecule has 1 saturated heterocycles. The number of pyridine rings is 1. The highest BCUT2D eigenvalue weighted by Crippen LogP contribution is 2.23. The second-order valence-electron chi connectivity index (χ2n) is 5.67. The van der Waals surface area contributed by atoms with E-state index in [1.165, 1.54) is 5.39 Å². The Labute approximate surface area is 131 Å². The third-order valence-electron chi connectivity index (χ3n) is 4.02. The molecule has 2 aromatic rings. The Hall–Kier alpha value is -1.65. The number of anilines is 1. The molecule has 2 heterocycles. The molecule has 1 aliphatic rings. The van der Waals surface area contributed by atoms with Gasteiger partial charge >= 0.3 is 0 Å². The minimum Gasteiger partial charge on any atom is -0.382 e. The molecular weight excluding hydrogens is 276 g/mol. The first kappa shape index (κ1) is 15.3. The van der Waals surface area contributed by atoms with Crippen molar-refractivity contribution in [3.05, 3.63) is 36.0 Å². The van der Waals surface area contributed by atoms with E-state index < -0.39 is 0 Å². The molecule has 3 rings (SSSR count). The van der Waals surface area contributed by atoms with Gasteiger partial charge in [-0.3, -0.25) is 4.98 Å². The van der Waals surface area contributed by atoms with Crippen molar-refractivity contribution in [2.45, 2.75) is 32.3 Å². The second kappa shape index (κ2) is 7.56. The SMILES string of the molecule is CCc1cc(NCCOCC2CCCO2)c2ccccc2n1. The van der Waals surface area contributed by atoms with E-state index in [2.05, 4.69) is 41.5 Å². The van der Waals surface area contributed by atoms with E-state index in [0.717, 1.165) is 49.3 Å². The molecule has 0 spiro atoms. The van der Waals surface area contributed by atoms with Crippen molar-refractivity contribution in [3.8, 4) is 0 Å². The fourth-order valence-electron chi connectivity index (χ4n) is 2.81. The van der Waals surface area contributed by atoms with Gasteiger partial charge in [0.2, 0.25) is 0 Å². The molecule has 1 fully saturated rings. The van der Waals surface area contributed by atoms with Crippen molar-refractivity contribution in [1.29, 1.82) is 0 Å². The summed E-state index contributed by atoms with van der Waals surface area (Å²) in [4.78, 5) is 4.66. The summed E-state index contributed by atoms with van der Waals surface area (Å²) in [5.74, 6) is 0. The van der Waals surface area contributed by atoms with Crippen molar-refractivity contribution in [1.82, 2.24) is 4.98 Å². The van der Waals surface area contributed by atoms with E-state index in [1.807, 2.05) is 6.07 Å². The van der Waals surface area contributed by atoms with E-state index in [1.54, 1.807) is 0 Å². The number of fused-ring (bicyclic) bond motifs is 1. The molecule has 22 heavy (non-hydrogen) atoms. The maximum absolute atomic E-state index is 5.70. The third kappa shape index (κ3) is 3.76. The monoisotopic (exact) mass is 300 g/mol. The predicted octanol–water partition coefficient (Wildman–Crippen LogP) is 3.40. The van der Waals surface area contributed by atoms with Crippen molar-refractivity contribution >= 4 is 16.6 Å². The Balaban J connectivity index is 1.56. The predicted molar refractivity (Wildman–Crippen MR) is 89.4 cm³/mol. The van der Waals surface area contributed by atoms with E-state index in [0.29, 0.717) is 19.3 Å². The first-order chi connectivity index (χ1) is 10.9. The van der Waals surface area contributed by atoms with Gasteiger partial charge in [0, 0.05) is 29.9 Å². The molecule has 118 valence electrons. The lowest BCUT2D eigenvalue weighted by Gasteiger charge is -2.13. The average molecular weight is 300 g/mol. The highest BCUT2D eigenvalue weighted by atomic mass is 16.5. The normalized spacial score (nSPS) is 18.0. The van der Waals surface area contributed by atoms with Gasteiger partial charge in [-0.05, 0) is 31.4 Å². The van der Waals surface area contributed by atoms with Crippen LogP contribution >= 0.6 is 0 Å². The Bertz CT molecular complexity index is 609. The zero-order valence-electron chi connectivity index (χ0n) is 13.2. The summed E-state index contributed by atoms with van der Waals surface area (Å²) in [6.45, 7) is 5.21. The molecule has 4 nitrogen and oxygen atoms in total. The Morgan fingerprint density at radius 1 is 1.36 bits per heavy atom. The van der Waals surface area contributed by atoms with E-state index >= 15 is 0 Å². The van der Waals surface area contributed by atoms with Crippen LogP contribution in [0.15, 0.2) is 30.3 Å². The second-order valence-corrected chi connectivity index (χ2v) is 5.67. The summed E-state index contributed by atoms with van der Waals surface area (Å²) in [5.41, 5.74) is 3.30. The van der Waals surface area contributed by atoms with Gasteiger partial charge in [0.15, 0.2) is 0 Å². The fourth-order valence-corrected chi connectivity index (χ4v) is 2.81. The van der Waals surface area contributed by atoms with Crippen LogP contribution in [-0.2, 0) is 15.9 Å². The van der Waals surface area contributed by atoms with Gasteiger partial charge in [-0.2, -0.15) is 0 Å². The smallest absolute Gasteiger partial charge is 0.0809 e. The minimum atomic E-state index is 0.299. The molecule has 1 aliphatic heterocycles. The topological polar surface area (TPSA) is 43.4 Å². The lowest BCUT2D eigenvalue weighted by atomic mass is 10.1. The zero-order chi connectivity index (χ0) is 15.2. The number of ether oxygens (including phenoxy) is 2. The molecule has 0 amide bonds. The fraction of sp³-hybridized carbons (Fsp3) is 0.500. The van der Waals surface area contributed by atoms with E-state index in [-0.39, 0.29) is 0 Å². The standard InChI is InChI=1S/C18H24N2O2/c1-2-14-12-18(16-7-3-4-8-17(16)20-14)19-9-11-21-13-15-6-5-10-22-15/h3-4,7-8,12,15H,2,5-6,9-11,13H2,1H3,(H,19,20). The average Bonchev–Trinajstić information content (AvgIpc) is 3.07. The maximum Gasteiger partial charge on any atom is 0.0809 e. The number of nitrogens with one attached hydrogen (secondary N) is 1. The number of hydrogen-bond acceptors (Lipinski definition) is 4. The van der Waals surface area contributed by atoms with Gasteiger partial charge < -0.3 is 14.8 Å². The number of para-hydroxylation sites is 1. The molecule has 0 saturated carbocycles. The summed E-state index contributed by atoms with van der Waals surface area (Å²) in [5, 5.41) is 4.65.